The average Bonchev–Trinajstić information content (AvgIpc) is 2.76. The number of rotatable bonds is 4. The summed E-state index contributed by atoms with van der Waals surface area (Å²) in [4.78, 5) is 14.7. The number of hydrogen-bond donors (Lipinski definition) is 1. The summed E-state index contributed by atoms with van der Waals surface area (Å²) in [5.41, 5.74) is 9.93. The quantitative estimate of drug-likeness (QED) is 0.470. The van der Waals surface area contributed by atoms with Gasteiger partial charge in [0.05, 0.1) is 26.5 Å². The standard InChI is InChI=1S/C24H20Br2ClN3O2/c1-30-19-7-4-8-20(31)22(19)21(15(11-28)24(30)29)14-9-16(25)23(17(26)10-14)32-12-13-5-2-3-6-18(13)27/h2-3,5-6,9-10,21H,4,7-8,12,29H2,1H3/t21-/m1/s1. The zero-order valence-corrected chi connectivity index (χ0v) is 21.2. The molecule has 0 saturated carbocycles. The second-order valence-corrected chi connectivity index (χ2v) is 9.85. The van der Waals surface area contributed by atoms with Crippen LogP contribution in [-0.2, 0) is 11.4 Å². The normalized spacial score (nSPS) is 18.5. The Morgan fingerprint density at radius 2 is 1.94 bits per heavy atom. The number of allylic oxidation sites excluding steroid dienone is 3. The molecule has 0 unspecified atom stereocenters. The summed E-state index contributed by atoms with van der Waals surface area (Å²) in [7, 11) is 1.81. The number of hydrogen-bond acceptors (Lipinski definition) is 5. The Labute approximate surface area is 208 Å². The summed E-state index contributed by atoms with van der Waals surface area (Å²) in [6.07, 6.45) is 2.02. The molecule has 164 valence electrons. The first-order valence-electron chi connectivity index (χ1n) is 10.1. The molecule has 1 atom stereocenters. The molecule has 4 rings (SSSR count). The van der Waals surface area contributed by atoms with Gasteiger partial charge in [-0.25, -0.2) is 0 Å². The van der Waals surface area contributed by atoms with Crippen molar-refractivity contribution in [2.24, 2.45) is 5.73 Å². The Morgan fingerprint density at radius 1 is 1.25 bits per heavy atom. The molecule has 8 heteroatoms. The molecule has 5 nitrogen and oxygen atoms in total. The van der Waals surface area contributed by atoms with Gasteiger partial charge in [0.2, 0.25) is 0 Å². The fourth-order valence-electron chi connectivity index (χ4n) is 4.25. The molecule has 2 aliphatic rings. The van der Waals surface area contributed by atoms with Crippen LogP contribution in [0.1, 0.15) is 36.3 Å². The smallest absolute Gasteiger partial charge is 0.161 e. The van der Waals surface area contributed by atoms with Crippen LogP contribution in [0.15, 0.2) is 68.0 Å². The summed E-state index contributed by atoms with van der Waals surface area (Å²) in [6.45, 7) is 0.300. The van der Waals surface area contributed by atoms with Gasteiger partial charge >= 0.3 is 0 Å². The highest BCUT2D eigenvalue weighted by Gasteiger charge is 2.39. The molecule has 0 aromatic heterocycles. The molecule has 0 spiro atoms. The first-order chi connectivity index (χ1) is 15.3. The Morgan fingerprint density at radius 3 is 2.59 bits per heavy atom. The van der Waals surface area contributed by atoms with Gasteiger partial charge in [0, 0.05) is 35.3 Å². The lowest BCUT2D eigenvalue weighted by Crippen LogP contribution is -2.36. The first-order valence-corrected chi connectivity index (χ1v) is 12.0. The van der Waals surface area contributed by atoms with Crippen LogP contribution in [0.5, 0.6) is 5.75 Å². The molecule has 32 heavy (non-hydrogen) atoms. The number of Topliss-reactive ketones (excluding diaryl/α,β-unsaturated/α-hetero) is 1. The van der Waals surface area contributed by atoms with Crippen molar-refractivity contribution in [1.82, 2.24) is 4.90 Å². The van der Waals surface area contributed by atoms with Gasteiger partial charge in [-0.15, -0.1) is 0 Å². The number of carbonyl (C=O) groups excluding carboxylic acids is 1. The molecule has 0 bridgehead atoms. The van der Waals surface area contributed by atoms with E-state index in [0.29, 0.717) is 49.7 Å². The van der Waals surface area contributed by atoms with Gasteiger partial charge in [-0.3, -0.25) is 4.79 Å². The maximum absolute atomic E-state index is 12.9. The van der Waals surface area contributed by atoms with Crippen LogP contribution in [0, 0.1) is 11.3 Å². The van der Waals surface area contributed by atoms with Gasteiger partial charge in [-0.2, -0.15) is 5.26 Å². The zero-order chi connectivity index (χ0) is 23.0. The molecule has 0 amide bonds. The van der Waals surface area contributed by atoms with E-state index in [9.17, 15) is 10.1 Å². The predicted octanol–water partition coefficient (Wildman–Crippen LogP) is 6.17. The summed E-state index contributed by atoms with van der Waals surface area (Å²) in [6, 6.07) is 13.5. The third-order valence-corrected chi connectivity index (χ3v) is 7.40. The maximum Gasteiger partial charge on any atom is 0.161 e. The fraction of sp³-hybridized carbons (Fsp3) is 0.250. The third-order valence-electron chi connectivity index (χ3n) is 5.85. The van der Waals surface area contributed by atoms with Crippen molar-refractivity contribution in [2.45, 2.75) is 31.8 Å². The van der Waals surface area contributed by atoms with Crippen LogP contribution >= 0.6 is 43.5 Å². The van der Waals surface area contributed by atoms with Crippen molar-refractivity contribution < 1.29 is 9.53 Å². The number of ketones is 1. The number of nitrogens with two attached hydrogens (primary N) is 1. The number of carbonyl (C=O) groups is 1. The van der Waals surface area contributed by atoms with Crippen LogP contribution in [0.2, 0.25) is 5.02 Å². The van der Waals surface area contributed by atoms with Gasteiger partial charge < -0.3 is 15.4 Å². The average molecular weight is 578 g/mol. The molecule has 2 aromatic carbocycles. The Bertz CT molecular complexity index is 1190. The largest absolute Gasteiger partial charge is 0.486 e. The Hall–Kier alpha value is -2.27. The molecule has 1 aliphatic carbocycles. The second-order valence-electron chi connectivity index (χ2n) is 7.73. The Kier molecular flexibility index (Phi) is 6.66. The van der Waals surface area contributed by atoms with Crippen molar-refractivity contribution in [2.75, 3.05) is 7.05 Å². The highest BCUT2D eigenvalue weighted by molar-refractivity contribution is 9.11. The number of nitrogens with zero attached hydrogens (tertiary/aromatic N) is 2. The van der Waals surface area contributed by atoms with Crippen LogP contribution in [-0.4, -0.2) is 17.7 Å². The van der Waals surface area contributed by atoms with E-state index in [1.165, 1.54) is 0 Å². The fourth-order valence-corrected chi connectivity index (χ4v) is 5.89. The van der Waals surface area contributed by atoms with E-state index in [0.717, 1.165) is 29.7 Å². The van der Waals surface area contributed by atoms with E-state index < -0.39 is 5.92 Å². The topological polar surface area (TPSA) is 79.3 Å². The molecule has 0 fully saturated rings. The van der Waals surface area contributed by atoms with Gasteiger partial charge in [0.1, 0.15) is 18.2 Å². The minimum atomic E-state index is -0.510. The number of nitriles is 1. The number of benzene rings is 2. The van der Waals surface area contributed by atoms with Crippen LogP contribution in [0.3, 0.4) is 0 Å². The third kappa shape index (κ3) is 4.07. The summed E-state index contributed by atoms with van der Waals surface area (Å²) in [5, 5.41) is 10.5. The van der Waals surface area contributed by atoms with Crippen molar-refractivity contribution in [3.05, 3.63) is 84.2 Å². The minimum absolute atomic E-state index is 0.0645. The van der Waals surface area contributed by atoms with Gasteiger partial charge in [-0.1, -0.05) is 29.8 Å². The Balaban J connectivity index is 1.74. The van der Waals surface area contributed by atoms with Crippen LogP contribution < -0.4 is 10.5 Å². The monoisotopic (exact) mass is 575 g/mol. The van der Waals surface area contributed by atoms with E-state index in [1.807, 2.05) is 43.4 Å². The molecular weight excluding hydrogens is 558 g/mol. The summed E-state index contributed by atoms with van der Waals surface area (Å²) < 4.78 is 7.43. The van der Waals surface area contributed by atoms with E-state index in [1.54, 1.807) is 4.90 Å². The maximum atomic E-state index is 12.9. The van der Waals surface area contributed by atoms with E-state index >= 15 is 0 Å². The molecule has 1 heterocycles. The van der Waals surface area contributed by atoms with Crippen molar-refractivity contribution in [3.63, 3.8) is 0 Å². The second kappa shape index (κ2) is 9.30. The predicted molar refractivity (Wildman–Crippen MR) is 131 cm³/mol. The lowest BCUT2D eigenvalue weighted by Gasteiger charge is -2.37. The molecule has 0 radical (unpaired) electrons. The van der Waals surface area contributed by atoms with Gasteiger partial charge in [0.25, 0.3) is 0 Å². The van der Waals surface area contributed by atoms with E-state index in [-0.39, 0.29) is 5.78 Å². The number of ether oxygens (including phenoxy) is 1. The van der Waals surface area contributed by atoms with Crippen molar-refractivity contribution >= 4 is 49.2 Å². The summed E-state index contributed by atoms with van der Waals surface area (Å²) in [5.74, 6) is 0.553. The highest BCUT2D eigenvalue weighted by atomic mass is 79.9. The highest BCUT2D eigenvalue weighted by Crippen LogP contribution is 2.47. The van der Waals surface area contributed by atoms with Crippen molar-refractivity contribution in [3.8, 4) is 11.8 Å². The SMILES string of the molecule is CN1C(N)=C(C#N)[C@@H](c2cc(Br)c(OCc3ccccc3Cl)c(Br)c2)C2=C1CCCC2=O. The summed E-state index contributed by atoms with van der Waals surface area (Å²) >= 11 is 13.4. The molecule has 1 aliphatic heterocycles. The van der Waals surface area contributed by atoms with E-state index in [2.05, 4.69) is 37.9 Å². The van der Waals surface area contributed by atoms with Gasteiger partial charge in [0.15, 0.2) is 5.78 Å². The lowest BCUT2D eigenvalue weighted by molar-refractivity contribution is -0.116. The molecule has 0 saturated heterocycles. The van der Waals surface area contributed by atoms with Crippen molar-refractivity contribution in [1.29, 1.82) is 5.26 Å². The number of halogens is 3. The molecule has 2 N–H and O–H groups in total. The van der Waals surface area contributed by atoms with Crippen LogP contribution in [0.25, 0.3) is 0 Å². The zero-order valence-electron chi connectivity index (χ0n) is 17.3. The minimum Gasteiger partial charge on any atom is -0.486 e. The molecular formula is C24H20Br2ClN3O2. The van der Waals surface area contributed by atoms with Crippen LogP contribution in [0.4, 0.5) is 0 Å². The first kappa shape index (κ1) is 22.9. The van der Waals surface area contributed by atoms with E-state index in [4.69, 9.17) is 22.1 Å². The lowest BCUT2D eigenvalue weighted by atomic mass is 9.76. The van der Waals surface area contributed by atoms with Gasteiger partial charge in [-0.05, 0) is 68.5 Å². The molecule has 2 aromatic rings.